The molecular weight excluding hydrogens is 392 g/mol. The van der Waals surface area contributed by atoms with Gasteiger partial charge in [-0.25, -0.2) is 8.42 Å². The molecule has 1 fully saturated rings. The van der Waals surface area contributed by atoms with E-state index in [1.54, 1.807) is 23.4 Å². The van der Waals surface area contributed by atoms with E-state index >= 15 is 0 Å². The third kappa shape index (κ3) is 4.31. The number of benzene rings is 1. The number of thiophene rings is 1. The number of hydrogen-bond acceptors (Lipinski definition) is 4. The fourth-order valence-corrected chi connectivity index (χ4v) is 6.26. The molecular formula is C21H28N2O3S2. The fraction of sp³-hybridized carbons (Fsp3) is 0.476. The zero-order valence-electron chi connectivity index (χ0n) is 16.9. The smallest absolute Gasteiger partial charge is 0.265 e. The molecule has 28 heavy (non-hydrogen) atoms. The molecule has 0 aliphatic carbocycles. The van der Waals surface area contributed by atoms with Crippen molar-refractivity contribution in [2.24, 2.45) is 0 Å². The van der Waals surface area contributed by atoms with Crippen LogP contribution < -0.4 is 0 Å². The third-order valence-electron chi connectivity index (χ3n) is 5.09. The molecule has 3 rings (SSSR count). The molecule has 152 valence electrons. The van der Waals surface area contributed by atoms with Gasteiger partial charge in [0.25, 0.3) is 5.91 Å². The van der Waals surface area contributed by atoms with Crippen LogP contribution in [0.5, 0.6) is 0 Å². The molecule has 1 aromatic carbocycles. The summed E-state index contributed by atoms with van der Waals surface area (Å²) < 4.78 is 27.3. The van der Waals surface area contributed by atoms with Crippen LogP contribution in [0.25, 0.3) is 0 Å². The number of carbonyl (C=O) groups excluding carboxylic acids is 1. The van der Waals surface area contributed by atoms with Crippen LogP contribution in [-0.2, 0) is 22.0 Å². The van der Waals surface area contributed by atoms with Crippen molar-refractivity contribution in [2.45, 2.75) is 50.5 Å². The predicted octanol–water partition coefficient (Wildman–Crippen LogP) is 4.10. The zero-order valence-corrected chi connectivity index (χ0v) is 18.6. The van der Waals surface area contributed by atoms with Crippen LogP contribution in [0.15, 0.2) is 40.6 Å². The molecule has 7 heteroatoms. The normalized spacial score (nSPS) is 15.7. The van der Waals surface area contributed by atoms with Crippen LogP contribution in [0.3, 0.4) is 0 Å². The molecule has 0 bridgehead atoms. The Labute approximate surface area is 172 Å². The highest BCUT2D eigenvalue weighted by Gasteiger charge is 2.32. The van der Waals surface area contributed by atoms with Gasteiger partial charge in [0, 0.05) is 26.7 Å². The van der Waals surface area contributed by atoms with Gasteiger partial charge < -0.3 is 4.90 Å². The number of rotatable bonds is 5. The molecule has 5 nitrogen and oxygen atoms in total. The van der Waals surface area contributed by atoms with Gasteiger partial charge in [-0.2, -0.15) is 4.31 Å². The Bertz CT molecular complexity index is 935. The fourth-order valence-electron chi connectivity index (χ4n) is 3.35. The van der Waals surface area contributed by atoms with E-state index in [4.69, 9.17) is 0 Å². The van der Waals surface area contributed by atoms with Gasteiger partial charge in [-0.3, -0.25) is 4.79 Å². The molecule has 2 heterocycles. The van der Waals surface area contributed by atoms with E-state index < -0.39 is 10.0 Å². The van der Waals surface area contributed by atoms with Gasteiger partial charge in [-0.1, -0.05) is 45.0 Å². The van der Waals surface area contributed by atoms with E-state index in [9.17, 15) is 13.2 Å². The molecule has 1 aromatic heterocycles. The molecule has 1 aliphatic rings. The molecule has 1 saturated heterocycles. The summed E-state index contributed by atoms with van der Waals surface area (Å²) in [6.45, 7) is 7.98. The summed E-state index contributed by atoms with van der Waals surface area (Å²) in [5, 5.41) is 1.68. The van der Waals surface area contributed by atoms with E-state index in [0.717, 1.165) is 18.4 Å². The second-order valence-corrected chi connectivity index (χ2v) is 11.2. The maximum Gasteiger partial charge on any atom is 0.265 e. The summed E-state index contributed by atoms with van der Waals surface area (Å²) in [5.74, 6) is -0.257. The lowest BCUT2D eigenvalue weighted by molar-refractivity contribution is 0.0786. The summed E-state index contributed by atoms with van der Waals surface area (Å²) in [6.07, 6.45) is 1.74. The monoisotopic (exact) mass is 420 g/mol. The summed E-state index contributed by atoms with van der Waals surface area (Å²) in [4.78, 5) is 15.0. The van der Waals surface area contributed by atoms with Crippen molar-refractivity contribution in [2.75, 3.05) is 20.1 Å². The number of hydrogen-bond donors (Lipinski definition) is 0. The first kappa shape index (κ1) is 21.0. The lowest BCUT2D eigenvalue weighted by Crippen LogP contribution is -2.31. The second kappa shape index (κ2) is 7.97. The van der Waals surface area contributed by atoms with Crippen LogP contribution in [0, 0.1) is 0 Å². The van der Waals surface area contributed by atoms with Crippen LogP contribution in [-0.4, -0.2) is 43.7 Å². The Balaban J connectivity index is 1.77. The lowest BCUT2D eigenvalue weighted by Gasteiger charge is -2.21. The Kier molecular flexibility index (Phi) is 5.98. The standard InChI is InChI=1S/C21H28N2O3S2/c1-21(2,3)17-9-7-16(8-10-17)15-22(4)20(24)19-18(11-14-27-19)28(25,26)23-12-5-6-13-23/h7-11,14H,5-6,12-13,15H2,1-4H3. The Morgan fingerprint density at radius 2 is 1.71 bits per heavy atom. The molecule has 2 aromatic rings. The molecule has 0 atom stereocenters. The Morgan fingerprint density at radius 3 is 2.29 bits per heavy atom. The van der Waals surface area contributed by atoms with Gasteiger partial charge in [0.1, 0.15) is 9.77 Å². The van der Waals surface area contributed by atoms with E-state index in [1.165, 1.54) is 21.2 Å². The Morgan fingerprint density at radius 1 is 1.11 bits per heavy atom. The summed E-state index contributed by atoms with van der Waals surface area (Å²) in [6, 6.07) is 9.78. The van der Waals surface area contributed by atoms with Crippen LogP contribution in [0.2, 0.25) is 0 Å². The minimum atomic E-state index is -3.60. The Hall–Kier alpha value is -1.70. The predicted molar refractivity (Wildman–Crippen MR) is 113 cm³/mol. The summed E-state index contributed by atoms with van der Waals surface area (Å²) >= 11 is 1.19. The summed E-state index contributed by atoms with van der Waals surface area (Å²) in [5.41, 5.74) is 2.34. The van der Waals surface area contributed by atoms with Crippen molar-refractivity contribution >= 4 is 27.3 Å². The van der Waals surface area contributed by atoms with Gasteiger partial charge >= 0.3 is 0 Å². The van der Waals surface area contributed by atoms with Gasteiger partial charge in [0.15, 0.2) is 0 Å². The minimum Gasteiger partial charge on any atom is -0.337 e. The summed E-state index contributed by atoms with van der Waals surface area (Å²) in [7, 11) is -1.89. The molecule has 0 N–H and O–H groups in total. The van der Waals surface area contributed by atoms with Crippen LogP contribution in [0.1, 0.15) is 54.4 Å². The largest absolute Gasteiger partial charge is 0.337 e. The molecule has 0 spiro atoms. The van der Waals surface area contributed by atoms with E-state index in [-0.39, 0.29) is 16.2 Å². The van der Waals surface area contributed by atoms with Gasteiger partial charge in [-0.05, 0) is 40.8 Å². The lowest BCUT2D eigenvalue weighted by atomic mass is 9.87. The number of sulfonamides is 1. The zero-order chi connectivity index (χ0) is 20.5. The highest BCUT2D eigenvalue weighted by Crippen LogP contribution is 2.29. The maximum atomic E-state index is 13.0. The van der Waals surface area contributed by atoms with Crippen molar-refractivity contribution in [3.8, 4) is 0 Å². The molecule has 0 radical (unpaired) electrons. The second-order valence-electron chi connectivity index (χ2n) is 8.33. The van der Waals surface area contributed by atoms with Crippen LogP contribution in [0.4, 0.5) is 0 Å². The van der Waals surface area contributed by atoms with Crippen molar-refractivity contribution < 1.29 is 13.2 Å². The van der Waals surface area contributed by atoms with E-state index in [1.807, 2.05) is 12.1 Å². The number of amides is 1. The molecule has 0 saturated carbocycles. The quantitative estimate of drug-likeness (QED) is 0.732. The van der Waals surface area contributed by atoms with E-state index in [0.29, 0.717) is 24.5 Å². The first-order chi connectivity index (χ1) is 13.1. The maximum absolute atomic E-state index is 13.0. The van der Waals surface area contributed by atoms with Crippen molar-refractivity contribution in [3.63, 3.8) is 0 Å². The van der Waals surface area contributed by atoms with Gasteiger partial charge in [-0.15, -0.1) is 11.3 Å². The number of carbonyl (C=O) groups is 1. The average Bonchev–Trinajstić information content (AvgIpc) is 3.33. The highest BCUT2D eigenvalue weighted by atomic mass is 32.2. The average molecular weight is 421 g/mol. The van der Waals surface area contributed by atoms with Crippen molar-refractivity contribution in [3.05, 3.63) is 51.7 Å². The van der Waals surface area contributed by atoms with Gasteiger partial charge in [0.05, 0.1) is 0 Å². The van der Waals surface area contributed by atoms with E-state index in [2.05, 4.69) is 32.9 Å². The first-order valence-electron chi connectivity index (χ1n) is 9.53. The highest BCUT2D eigenvalue weighted by molar-refractivity contribution is 7.89. The molecule has 0 unspecified atom stereocenters. The van der Waals surface area contributed by atoms with Gasteiger partial charge in [0.2, 0.25) is 10.0 Å². The number of nitrogens with zero attached hydrogens (tertiary/aromatic N) is 2. The van der Waals surface area contributed by atoms with Crippen molar-refractivity contribution in [1.82, 2.24) is 9.21 Å². The SMILES string of the molecule is CN(Cc1ccc(C(C)(C)C)cc1)C(=O)c1sccc1S(=O)(=O)N1CCCC1. The first-order valence-corrected chi connectivity index (χ1v) is 11.9. The third-order valence-corrected chi connectivity index (χ3v) is 8.07. The molecule has 1 amide bonds. The van der Waals surface area contributed by atoms with Crippen molar-refractivity contribution in [1.29, 1.82) is 0 Å². The van der Waals surface area contributed by atoms with Crippen LogP contribution >= 0.6 is 11.3 Å². The topological polar surface area (TPSA) is 57.7 Å². The minimum absolute atomic E-state index is 0.0794. The molecule has 1 aliphatic heterocycles.